The molecule has 1 aromatic rings. The van der Waals surface area contributed by atoms with Crippen LogP contribution in [0.25, 0.3) is 0 Å². The fourth-order valence-corrected chi connectivity index (χ4v) is 4.63. The molecule has 0 radical (unpaired) electrons. The van der Waals surface area contributed by atoms with Crippen molar-refractivity contribution < 1.29 is 12.8 Å². The van der Waals surface area contributed by atoms with Gasteiger partial charge in [-0.05, 0) is 43.2 Å². The second-order valence-corrected chi connectivity index (χ2v) is 7.78. The summed E-state index contributed by atoms with van der Waals surface area (Å²) in [5.74, 6) is -0.742. The molecule has 1 fully saturated rings. The number of hydrogen-bond donors (Lipinski definition) is 2. The third-order valence-electron chi connectivity index (χ3n) is 3.56. The molecular weight excluding hydrogens is 299 g/mol. The zero-order valence-corrected chi connectivity index (χ0v) is 12.9. The molecule has 0 saturated heterocycles. The smallest absolute Gasteiger partial charge is 0.243 e. The molecule has 1 aliphatic carbocycles. The Kier molecular flexibility index (Phi) is 5.06. The van der Waals surface area contributed by atoms with Crippen LogP contribution in [-0.4, -0.2) is 26.0 Å². The highest BCUT2D eigenvalue weighted by molar-refractivity contribution is 7.99. The van der Waals surface area contributed by atoms with Crippen LogP contribution in [0, 0.1) is 5.82 Å². The lowest BCUT2D eigenvalue weighted by atomic mass is 10.2. The van der Waals surface area contributed by atoms with Crippen LogP contribution in [0.15, 0.2) is 23.1 Å². The molecule has 0 aliphatic heterocycles. The largest absolute Gasteiger partial charge is 0.326 e. The summed E-state index contributed by atoms with van der Waals surface area (Å²) in [4.78, 5) is -0.312. The Morgan fingerprint density at radius 3 is 2.80 bits per heavy atom. The van der Waals surface area contributed by atoms with E-state index < -0.39 is 15.8 Å². The number of benzene rings is 1. The second-order valence-electron chi connectivity index (χ2n) is 4.96. The van der Waals surface area contributed by atoms with E-state index in [1.807, 2.05) is 6.26 Å². The predicted octanol–water partition coefficient (Wildman–Crippen LogP) is 1.85. The average Bonchev–Trinajstić information content (AvgIpc) is 2.86. The Labute approximate surface area is 123 Å². The molecule has 0 aromatic heterocycles. The summed E-state index contributed by atoms with van der Waals surface area (Å²) >= 11 is 1.74. The first-order chi connectivity index (χ1) is 9.46. The Balaban J connectivity index is 2.18. The van der Waals surface area contributed by atoms with Gasteiger partial charge in [-0.3, -0.25) is 0 Å². The number of rotatable bonds is 5. The van der Waals surface area contributed by atoms with E-state index >= 15 is 0 Å². The minimum absolute atomic E-state index is 0.113. The van der Waals surface area contributed by atoms with Crippen LogP contribution in [0.3, 0.4) is 0 Å². The highest BCUT2D eigenvalue weighted by atomic mass is 32.2. The van der Waals surface area contributed by atoms with Gasteiger partial charge in [0.05, 0.1) is 0 Å². The first-order valence-electron chi connectivity index (χ1n) is 6.50. The molecule has 2 unspecified atom stereocenters. The molecule has 0 spiro atoms. The van der Waals surface area contributed by atoms with Crippen LogP contribution in [0.1, 0.15) is 24.8 Å². The van der Waals surface area contributed by atoms with Crippen molar-refractivity contribution in [1.29, 1.82) is 0 Å². The van der Waals surface area contributed by atoms with Gasteiger partial charge in [-0.15, -0.1) is 0 Å². The van der Waals surface area contributed by atoms with Gasteiger partial charge in [0.25, 0.3) is 0 Å². The lowest BCUT2D eigenvalue weighted by Crippen LogP contribution is -2.33. The topological polar surface area (TPSA) is 72.2 Å². The molecule has 112 valence electrons. The third kappa shape index (κ3) is 3.52. The molecule has 0 bridgehead atoms. The van der Waals surface area contributed by atoms with Crippen molar-refractivity contribution in [2.24, 2.45) is 5.73 Å². The van der Waals surface area contributed by atoms with Crippen LogP contribution in [0.2, 0.25) is 0 Å². The lowest BCUT2D eigenvalue weighted by molar-refractivity contribution is 0.536. The van der Waals surface area contributed by atoms with Crippen LogP contribution >= 0.6 is 11.8 Å². The maximum Gasteiger partial charge on any atom is 0.243 e. The first-order valence-corrected chi connectivity index (χ1v) is 9.27. The quantitative estimate of drug-likeness (QED) is 0.869. The van der Waals surface area contributed by atoms with E-state index in [1.54, 1.807) is 11.8 Å². The first kappa shape index (κ1) is 15.8. The third-order valence-corrected chi connectivity index (χ3v) is 6.19. The van der Waals surface area contributed by atoms with Crippen molar-refractivity contribution in [1.82, 2.24) is 4.72 Å². The van der Waals surface area contributed by atoms with E-state index in [-0.39, 0.29) is 17.5 Å². The normalized spacial score (nSPS) is 23.1. The van der Waals surface area contributed by atoms with Gasteiger partial charge in [-0.2, -0.15) is 11.8 Å². The number of sulfonamides is 1. The van der Waals surface area contributed by atoms with Crippen molar-refractivity contribution >= 4 is 21.8 Å². The summed E-state index contributed by atoms with van der Waals surface area (Å²) in [6.07, 6.45) is 4.59. The molecule has 1 aliphatic rings. The van der Waals surface area contributed by atoms with Gasteiger partial charge in [-0.25, -0.2) is 17.5 Å². The second kappa shape index (κ2) is 6.43. The van der Waals surface area contributed by atoms with Crippen LogP contribution in [-0.2, 0) is 16.6 Å². The van der Waals surface area contributed by atoms with Crippen LogP contribution < -0.4 is 10.5 Å². The number of halogens is 1. The van der Waals surface area contributed by atoms with Gasteiger partial charge in [0.2, 0.25) is 10.0 Å². The van der Waals surface area contributed by atoms with E-state index in [1.165, 1.54) is 12.1 Å². The minimum atomic E-state index is -3.83. The van der Waals surface area contributed by atoms with Crippen molar-refractivity contribution in [3.05, 3.63) is 29.6 Å². The zero-order chi connectivity index (χ0) is 14.8. The van der Waals surface area contributed by atoms with E-state index in [2.05, 4.69) is 4.72 Å². The maximum absolute atomic E-state index is 13.8. The SMILES string of the molecule is CSC1CCC(NS(=O)(=O)c2cc(CN)ccc2F)C1. The highest BCUT2D eigenvalue weighted by Crippen LogP contribution is 2.29. The lowest BCUT2D eigenvalue weighted by Gasteiger charge is -2.14. The van der Waals surface area contributed by atoms with Gasteiger partial charge in [0.1, 0.15) is 10.7 Å². The molecule has 20 heavy (non-hydrogen) atoms. The number of hydrogen-bond acceptors (Lipinski definition) is 4. The van der Waals surface area contributed by atoms with E-state index in [4.69, 9.17) is 5.73 Å². The van der Waals surface area contributed by atoms with Crippen molar-refractivity contribution in [2.75, 3.05) is 6.26 Å². The van der Waals surface area contributed by atoms with Crippen molar-refractivity contribution in [3.63, 3.8) is 0 Å². The Morgan fingerprint density at radius 2 is 2.20 bits per heavy atom. The summed E-state index contributed by atoms with van der Waals surface area (Å²) in [5.41, 5.74) is 6.07. The molecule has 4 nitrogen and oxygen atoms in total. The average molecular weight is 318 g/mol. The van der Waals surface area contributed by atoms with Gasteiger partial charge in [0, 0.05) is 17.8 Å². The fourth-order valence-electron chi connectivity index (χ4n) is 2.42. The zero-order valence-electron chi connectivity index (χ0n) is 11.3. The van der Waals surface area contributed by atoms with Crippen LogP contribution in [0.4, 0.5) is 4.39 Å². The molecule has 0 heterocycles. The number of nitrogens with one attached hydrogen (secondary N) is 1. The number of thioether (sulfide) groups is 1. The Hall–Kier alpha value is -0.630. The fraction of sp³-hybridized carbons (Fsp3) is 0.538. The molecule has 2 atom stereocenters. The summed E-state index contributed by atoms with van der Waals surface area (Å²) < 4.78 is 40.9. The Bertz CT molecular complexity index is 578. The van der Waals surface area contributed by atoms with Crippen molar-refractivity contribution in [2.45, 2.75) is 42.0 Å². The maximum atomic E-state index is 13.8. The standard InChI is InChI=1S/C13H19FN2O2S2/c1-19-11-4-3-10(7-11)16-20(17,18)13-6-9(8-15)2-5-12(13)14/h2,5-6,10-11,16H,3-4,7-8,15H2,1H3. The molecule has 2 rings (SSSR count). The predicted molar refractivity (Wildman–Crippen MR) is 79.6 cm³/mol. The van der Waals surface area contributed by atoms with Gasteiger partial charge < -0.3 is 5.73 Å². The van der Waals surface area contributed by atoms with Gasteiger partial charge in [0.15, 0.2) is 0 Å². The van der Waals surface area contributed by atoms with E-state index in [0.717, 1.165) is 25.3 Å². The minimum Gasteiger partial charge on any atom is -0.326 e. The Morgan fingerprint density at radius 1 is 1.45 bits per heavy atom. The van der Waals surface area contributed by atoms with E-state index in [0.29, 0.717) is 10.8 Å². The van der Waals surface area contributed by atoms with Crippen LogP contribution in [0.5, 0.6) is 0 Å². The van der Waals surface area contributed by atoms with Crippen molar-refractivity contribution in [3.8, 4) is 0 Å². The van der Waals surface area contributed by atoms with Gasteiger partial charge in [-0.1, -0.05) is 6.07 Å². The molecule has 7 heteroatoms. The highest BCUT2D eigenvalue weighted by Gasteiger charge is 2.29. The summed E-state index contributed by atoms with van der Waals surface area (Å²) in [6, 6.07) is 3.83. The van der Waals surface area contributed by atoms with Gasteiger partial charge >= 0.3 is 0 Å². The summed E-state index contributed by atoms with van der Waals surface area (Å²) in [5, 5.41) is 0.475. The molecule has 1 saturated carbocycles. The molecule has 1 aromatic carbocycles. The molecule has 0 amide bonds. The molecule has 3 N–H and O–H groups in total. The molecular formula is C13H19FN2O2S2. The monoisotopic (exact) mass is 318 g/mol. The summed E-state index contributed by atoms with van der Waals surface area (Å²) in [6.45, 7) is 0.181. The van der Waals surface area contributed by atoms with E-state index in [9.17, 15) is 12.8 Å². The number of nitrogens with two attached hydrogens (primary N) is 1. The summed E-state index contributed by atoms with van der Waals surface area (Å²) in [7, 11) is -3.83.